The molecule has 1 atom stereocenters. The van der Waals surface area contributed by atoms with Gasteiger partial charge in [-0.25, -0.2) is 0 Å². The van der Waals surface area contributed by atoms with Crippen molar-refractivity contribution in [3.63, 3.8) is 0 Å². The van der Waals surface area contributed by atoms with Crippen LogP contribution < -0.4 is 14.8 Å². The van der Waals surface area contributed by atoms with Crippen LogP contribution in [-0.2, 0) is 9.53 Å². The van der Waals surface area contributed by atoms with Crippen LogP contribution in [0.4, 0.5) is 0 Å². The van der Waals surface area contributed by atoms with Gasteiger partial charge in [0.25, 0.3) is 5.91 Å². The predicted octanol–water partition coefficient (Wildman–Crippen LogP) is 0.789. The molecule has 2 heterocycles. The Labute approximate surface area is 171 Å². The molecular formula is C19H28ClN3O5. The largest absolute Gasteiger partial charge is 0.497 e. The van der Waals surface area contributed by atoms with Crippen molar-refractivity contribution in [1.82, 2.24) is 15.1 Å². The summed E-state index contributed by atoms with van der Waals surface area (Å²) in [5, 5.41) is 3.30. The maximum atomic E-state index is 12.8. The number of nitrogens with one attached hydrogen (secondary N) is 1. The Morgan fingerprint density at radius 3 is 2.46 bits per heavy atom. The van der Waals surface area contributed by atoms with Crippen molar-refractivity contribution in [3.05, 3.63) is 23.8 Å². The van der Waals surface area contributed by atoms with E-state index in [0.29, 0.717) is 62.9 Å². The van der Waals surface area contributed by atoms with Crippen LogP contribution in [-0.4, -0.2) is 87.8 Å². The summed E-state index contributed by atoms with van der Waals surface area (Å²) in [5.41, 5.74) is 0.502. The molecule has 156 valence electrons. The lowest BCUT2D eigenvalue weighted by atomic mass is 10.1. The standard InChI is InChI=1S/C19H27N3O5.ClH/c1-25-15-3-4-16(17(12-15)26-2)19(24)22-8-6-21(7-9-22)18(23)11-14-13-27-10-5-20-14;/h3-4,12,14,20H,5-11,13H2,1-2H3;1H. The SMILES string of the molecule is COc1ccc(C(=O)N2CCN(C(=O)CC3COCCN3)CC2)c(OC)c1.Cl. The van der Waals surface area contributed by atoms with E-state index < -0.39 is 0 Å². The minimum absolute atomic E-state index is 0. The van der Waals surface area contributed by atoms with Crippen molar-refractivity contribution in [3.8, 4) is 11.5 Å². The Morgan fingerprint density at radius 1 is 1.14 bits per heavy atom. The maximum Gasteiger partial charge on any atom is 0.257 e. The Bertz CT molecular complexity index is 674. The molecule has 1 unspecified atom stereocenters. The number of ether oxygens (including phenoxy) is 3. The van der Waals surface area contributed by atoms with Gasteiger partial charge in [0.05, 0.1) is 33.0 Å². The predicted molar refractivity (Wildman–Crippen MR) is 107 cm³/mol. The van der Waals surface area contributed by atoms with Crippen LogP contribution in [0.25, 0.3) is 0 Å². The summed E-state index contributed by atoms with van der Waals surface area (Å²) in [6, 6.07) is 5.24. The van der Waals surface area contributed by atoms with Crippen molar-refractivity contribution in [2.45, 2.75) is 12.5 Å². The fourth-order valence-corrected chi connectivity index (χ4v) is 3.40. The molecule has 2 aliphatic rings. The molecule has 2 aliphatic heterocycles. The molecule has 1 N–H and O–H groups in total. The van der Waals surface area contributed by atoms with Crippen LogP contribution in [0.2, 0.25) is 0 Å². The quantitative estimate of drug-likeness (QED) is 0.768. The molecule has 9 heteroatoms. The van der Waals surface area contributed by atoms with Crippen LogP contribution in [0.5, 0.6) is 11.5 Å². The van der Waals surface area contributed by atoms with Gasteiger partial charge in [-0.1, -0.05) is 0 Å². The number of morpholine rings is 1. The summed E-state index contributed by atoms with van der Waals surface area (Å²) in [6.07, 6.45) is 0.431. The second-order valence-electron chi connectivity index (χ2n) is 6.67. The second kappa shape index (κ2) is 10.5. The Hall–Kier alpha value is -2.03. The van der Waals surface area contributed by atoms with E-state index in [-0.39, 0.29) is 30.3 Å². The van der Waals surface area contributed by atoms with E-state index in [1.165, 1.54) is 7.11 Å². The molecule has 0 spiro atoms. The molecule has 0 aromatic heterocycles. The number of nitrogens with zero attached hydrogens (tertiary/aromatic N) is 2. The average Bonchev–Trinajstić information content (AvgIpc) is 2.73. The first-order valence-corrected chi connectivity index (χ1v) is 9.22. The van der Waals surface area contributed by atoms with Gasteiger partial charge < -0.3 is 29.3 Å². The molecule has 1 aromatic rings. The minimum atomic E-state index is -0.0936. The van der Waals surface area contributed by atoms with E-state index in [1.807, 2.05) is 4.90 Å². The number of amides is 2. The van der Waals surface area contributed by atoms with Crippen LogP contribution in [0, 0.1) is 0 Å². The summed E-state index contributed by atoms with van der Waals surface area (Å²) < 4.78 is 15.9. The summed E-state index contributed by atoms with van der Waals surface area (Å²) in [7, 11) is 3.10. The van der Waals surface area contributed by atoms with Gasteiger partial charge in [0.1, 0.15) is 11.5 Å². The number of hydrogen-bond donors (Lipinski definition) is 1. The maximum absolute atomic E-state index is 12.8. The summed E-state index contributed by atoms with van der Waals surface area (Å²) in [6.45, 7) is 4.14. The Balaban J connectivity index is 0.00000280. The van der Waals surface area contributed by atoms with Crippen molar-refractivity contribution in [2.75, 3.05) is 60.2 Å². The van der Waals surface area contributed by atoms with Gasteiger partial charge in [0.2, 0.25) is 5.91 Å². The fourth-order valence-electron chi connectivity index (χ4n) is 3.40. The van der Waals surface area contributed by atoms with Crippen LogP contribution in [0.1, 0.15) is 16.8 Å². The van der Waals surface area contributed by atoms with Crippen molar-refractivity contribution in [1.29, 1.82) is 0 Å². The number of piperazine rings is 1. The molecule has 2 amide bonds. The number of benzene rings is 1. The molecule has 8 nitrogen and oxygen atoms in total. The Morgan fingerprint density at radius 2 is 1.86 bits per heavy atom. The van der Waals surface area contributed by atoms with Gasteiger partial charge in [-0.15, -0.1) is 12.4 Å². The normalized spacial score (nSPS) is 19.6. The van der Waals surface area contributed by atoms with E-state index in [0.717, 1.165) is 6.54 Å². The third kappa shape index (κ3) is 5.27. The molecule has 0 bridgehead atoms. The zero-order chi connectivity index (χ0) is 19.2. The highest BCUT2D eigenvalue weighted by molar-refractivity contribution is 5.97. The van der Waals surface area contributed by atoms with E-state index in [1.54, 1.807) is 30.2 Å². The summed E-state index contributed by atoms with van der Waals surface area (Å²) >= 11 is 0. The first-order chi connectivity index (χ1) is 13.1. The zero-order valence-electron chi connectivity index (χ0n) is 16.3. The Kier molecular flexibility index (Phi) is 8.35. The third-order valence-corrected chi connectivity index (χ3v) is 4.98. The van der Waals surface area contributed by atoms with E-state index in [9.17, 15) is 9.59 Å². The second-order valence-corrected chi connectivity index (χ2v) is 6.67. The van der Waals surface area contributed by atoms with Gasteiger partial charge in [0.15, 0.2) is 0 Å². The van der Waals surface area contributed by atoms with Crippen LogP contribution >= 0.6 is 12.4 Å². The van der Waals surface area contributed by atoms with Crippen molar-refractivity contribution < 1.29 is 23.8 Å². The topological polar surface area (TPSA) is 80.3 Å². The lowest BCUT2D eigenvalue weighted by Gasteiger charge is -2.36. The van der Waals surface area contributed by atoms with Gasteiger partial charge in [0, 0.05) is 51.3 Å². The number of hydrogen-bond acceptors (Lipinski definition) is 6. The molecule has 28 heavy (non-hydrogen) atoms. The number of rotatable bonds is 5. The molecular weight excluding hydrogens is 386 g/mol. The highest BCUT2D eigenvalue weighted by Gasteiger charge is 2.28. The molecule has 0 saturated carbocycles. The van der Waals surface area contributed by atoms with E-state index in [4.69, 9.17) is 14.2 Å². The molecule has 2 fully saturated rings. The number of carbonyl (C=O) groups excluding carboxylic acids is 2. The van der Waals surface area contributed by atoms with E-state index >= 15 is 0 Å². The highest BCUT2D eigenvalue weighted by Crippen LogP contribution is 2.26. The summed E-state index contributed by atoms with van der Waals surface area (Å²) in [4.78, 5) is 28.9. The van der Waals surface area contributed by atoms with Crippen molar-refractivity contribution >= 4 is 24.2 Å². The number of halogens is 1. The lowest BCUT2D eigenvalue weighted by Crippen LogP contribution is -2.52. The van der Waals surface area contributed by atoms with Crippen LogP contribution in [0.3, 0.4) is 0 Å². The first kappa shape index (κ1) is 22.3. The van der Waals surface area contributed by atoms with Gasteiger partial charge >= 0.3 is 0 Å². The first-order valence-electron chi connectivity index (χ1n) is 9.22. The fraction of sp³-hybridized carbons (Fsp3) is 0.579. The molecule has 2 saturated heterocycles. The molecule has 0 aliphatic carbocycles. The third-order valence-electron chi connectivity index (χ3n) is 4.98. The van der Waals surface area contributed by atoms with Gasteiger partial charge in [-0.2, -0.15) is 0 Å². The molecule has 1 aromatic carbocycles. The van der Waals surface area contributed by atoms with Gasteiger partial charge in [-0.05, 0) is 12.1 Å². The van der Waals surface area contributed by atoms with E-state index in [2.05, 4.69) is 5.32 Å². The van der Waals surface area contributed by atoms with Gasteiger partial charge in [-0.3, -0.25) is 9.59 Å². The highest BCUT2D eigenvalue weighted by atomic mass is 35.5. The molecule has 0 radical (unpaired) electrons. The monoisotopic (exact) mass is 413 g/mol. The van der Waals surface area contributed by atoms with Crippen LogP contribution in [0.15, 0.2) is 18.2 Å². The van der Waals surface area contributed by atoms with Crippen molar-refractivity contribution in [2.24, 2.45) is 0 Å². The summed E-state index contributed by atoms with van der Waals surface area (Å²) in [5.74, 6) is 1.14. The number of carbonyl (C=O) groups is 2. The zero-order valence-corrected chi connectivity index (χ0v) is 17.1. The lowest BCUT2D eigenvalue weighted by molar-refractivity contribution is -0.133. The molecule has 3 rings (SSSR count). The average molecular weight is 414 g/mol. The minimum Gasteiger partial charge on any atom is -0.497 e. The smallest absolute Gasteiger partial charge is 0.257 e. The number of methoxy groups -OCH3 is 2.